The summed E-state index contributed by atoms with van der Waals surface area (Å²) in [6.07, 6.45) is 1.19. The van der Waals surface area contributed by atoms with Crippen LogP contribution >= 0.6 is 11.5 Å². The summed E-state index contributed by atoms with van der Waals surface area (Å²) in [5.74, 6) is -1.72. The molecule has 9 nitrogen and oxygen atoms in total. The highest BCUT2D eigenvalue weighted by Crippen LogP contribution is 2.26. The van der Waals surface area contributed by atoms with Gasteiger partial charge in [-0.2, -0.15) is 14.6 Å². The summed E-state index contributed by atoms with van der Waals surface area (Å²) in [6, 6.07) is 5.48. The summed E-state index contributed by atoms with van der Waals surface area (Å²) < 4.78 is 27.0. The molecule has 0 saturated heterocycles. The Bertz CT molecular complexity index is 989. The van der Waals surface area contributed by atoms with Gasteiger partial charge in [0.1, 0.15) is 11.6 Å². The number of aromatic hydroxyl groups is 2. The fraction of sp³-hybridized carbons (Fsp3) is 0.143. The van der Waals surface area contributed by atoms with Crippen molar-refractivity contribution in [2.24, 2.45) is 0 Å². The Kier molecular flexibility index (Phi) is 5.35. The zero-order chi connectivity index (χ0) is 18.6. The first-order chi connectivity index (χ1) is 11.8. The van der Waals surface area contributed by atoms with Crippen molar-refractivity contribution in [2.75, 3.05) is 11.1 Å². The van der Waals surface area contributed by atoms with E-state index in [1.54, 1.807) is 6.07 Å². The largest absolute Gasteiger partial charge is 0.504 e. The van der Waals surface area contributed by atoms with E-state index in [1.165, 1.54) is 31.2 Å². The van der Waals surface area contributed by atoms with Crippen molar-refractivity contribution in [1.82, 2.24) is 9.36 Å². The quantitative estimate of drug-likeness (QED) is 0.398. The number of anilines is 1. The van der Waals surface area contributed by atoms with Crippen molar-refractivity contribution in [3.8, 4) is 17.6 Å². The van der Waals surface area contributed by atoms with Gasteiger partial charge in [0, 0.05) is 11.5 Å². The Balaban J connectivity index is 2.22. The third-order valence-electron chi connectivity index (χ3n) is 2.96. The van der Waals surface area contributed by atoms with Crippen molar-refractivity contribution < 1.29 is 23.4 Å². The predicted octanol–water partition coefficient (Wildman–Crippen LogP) is 1.29. The maximum atomic E-state index is 12.1. The number of nitriles is 1. The van der Waals surface area contributed by atoms with Crippen LogP contribution in [-0.2, 0) is 14.6 Å². The van der Waals surface area contributed by atoms with E-state index in [0.29, 0.717) is 17.1 Å². The van der Waals surface area contributed by atoms with Crippen LogP contribution in [0.5, 0.6) is 11.5 Å². The molecule has 0 atom stereocenters. The minimum Gasteiger partial charge on any atom is -0.504 e. The number of benzene rings is 1. The van der Waals surface area contributed by atoms with E-state index in [-0.39, 0.29) is 27.4 Å². The fourth-order valence-electron chi connectivity index (χ4n) is 1.63. The molecule has 1 amide bonds. The summed E-state index contributed by atoms with van der Waals surface area (Å²) >= 11 is 0.677. The van der Waals surface area contributed by atoms with Crippen molar-refractivity contribution in [3.05, 3.63) is 29.3 Å². The van der Waals surface area contributed by atoms with E-state index in [9.17, 15) is 23.4 Å². The number of nitrogens with zero attached hydrogens (tertiary/aromatic N) is 3. The predicted molar refractivity (Wildman–Crippen MR) is 89.6 cm³/mol. The van der Waals surface area contributed by atoms with E-state index >= 15 is 0 Å². The first kappa shape index (κ1) is 18.4. The molecule has 1 aromatic carbocycles. The molecule has 3 N–H and O–H groups in total. The number of rotatable bonds is 5. The third kappa shape index (κ3) is 4.31. The molecule has 2 aromatic rings. The summed E-state index contributed by atoms with van der Waals surface area (Å²) in [7, 11) is -3.59. The Morgan fingerprint density at radius 1 is 1.40 bits per heavy atom. The fourth-order valence-corrected chi connectivity index (χ4v) is 3.21. The molecule has 1 heterocycles. The average molecular weight is 380 g/mol. The Labute approximate surface area is 147 Å². The first-order valence-electron chi connectivity index (χ1n) is 6.78. The number of amides is 1. The lowest BCUT2D eigenvalue weighted by Gasteiger charge is -2.01. The van der Waals surface area contributed by atoms with Crippen LogP contribution in [0.15, 0.2) is 28.9 Å². The first-order valence-corrected chi connectivity index (χ1v) is 9.21. The van der Waals surface area contributed by atoms with Crippen LogP contribution < -0.4 is 5.32 Å². The van der Waals surface area contributed by atoms with Gasteiger partial charge in [0.15, 0.2) is 11.5 Å². The summed E-state index contributed by atoms with van der Waals surface area (Å²) in [5, 5.41) is 29.6. The number of carbonyl (C=O) groups excluding carboxylic acids is 1. The van der Waals surface area contributed by atoms with E-state index in [1.807, 2.05) is 0 Å². The topological polar surface area (TPSA) is 153 Å². The van der Waals surface area contributed by atoms with Crippen LogP contribution in [0.3, 0.4) is 0 Å². The molecule has 25 heavy (non-hydrogen) atoms. The van der Waals surface area contributed by atoms with Gasteiger partial charge < -0.3 is 10.2 Å². The highest BCUT2D eigenvalue weighted by Gasteiger charge is 2.20. The van der Waals surface area contributed by atoms with Crippen LogP contribution in [0.1, 0.15) is 12.5 Å². The molecule has 130 valence electrons. The molecule has 0 radical (unpaired) electrons. The maximum absolute atomic E-state index is 12.1. The molecular weight excluding hydrogens is 368 g/mol. The minimum atomic E-state index is -3.59. The van der Waals surface area contributed by atoms with Crippen molar-refractivity contribution in [2.45, 2.75) is 12.1 Å². The zero-order valence-corrected chi connectivity index (χ0v) is 14.4. The molecule has 0 spiro atoms. The lowest BCUT2D eigenvalue weighted by Crippen LogP contribution is -2.13. The Hall–Kier alpha value is -2.97. The Morgan fingerprint density at radius 2 is 2.12 bits per heavy atom. The normalized spacial score (nSPS) is 11.8. The molecule has 11 heteroatoms. The smallest absolute Gasteiger partial charge is 0.268 e. The van der Waals surface area contributed by atoms with Gasteiger partial charge in [-0.15, -0.1) is 0 Å². The van der Waals surface area contributed by atoms with Gasteiger partial charge in [-0.1, -0.05) is 13.0 Å². The van der Waals surface area contributed by atoms with E-state index in [2.05, 4.69) is 14.7 Å². The highest BCUT2D eigenvalue weighted by molar-refractivity contribution is 7.91. The van der Waals surface area contributed by atoms with Crippen molar-refractivity contribution >= 4 is 38.5 Å². The molecule has 0 aliphatic carbocycles. The second kappa shape index (κ2) is 7.29. The number of aromatic nitrogens is 2. The van der Waals surface area contributed by atoms with E-state index < -0.39 is 21.5 Å². The lowest BCUT2D eigenvalue weighted by molar-refractivity contribution is -0.112. The minimum absolute atomic E-state index is 0.0632. The van der Waals surface area contributed by atoms with Gasteiger partial charge in [0.25, 0.3) is 11.1 Å². The highest BCUT2D eigenvalue weighted by atomic mass is 32.2. The lowest BCUT2D eigenvalue weighted by atomic mass is 10.1. The van der Waals surface area contributed by atoms with Crippen molar-refractivity contribution in [1.29, 1.82) is 5.26 Å². The number of carbonyl (C=O) groups is 1. The zero-order valence-electron chi connectivity index (χ0n) is 12.8. The Morgan fingerprint density at radius 3 is 2.72 bits per heavy atom. The number of sulfone groups is 1. The monoisotopic (exact) mass is 380 g/mol. The molecule has 2 rings (SSSR count). The van der Waals surface area contributed by atoms with Gasteiger partial charge in [-0.3, -0.25) is 10.1 Å². The number of phenolic OH excluding ortho intramolecular Hbond substituents is 2. The second-order valence-corrected chi connectivity index (χ2v) is 7.58. The third-order valence-corrected chi connectivity index (χ3v) is 5.21. The molecule has 0 saturated carbocycles. The molecular formula is C14H12N4O5S2. The van der Waals surface area contributed by atoms with E-state index in [4.69, 9.17) is 5.26 Å². The van der Waals surface area contributed by atoms with Gasteiger partial charge in [0.2, 0.25) is 15.0 Å². The SMILES string of the molecule is CCS(=O)(=O)c1nsc(NC(=O)/C(C#N)=C\c2ccc(O)c(O)c2)n1. The summed E-state index contributed by atoms with van der Waals surface area (Å²) in [6.45, 7) is 1.44. The van der Waals surface area contributed by atoms with Gasteiger partial charge >= 0.3 is 0 Å². The maximum Gasteiger partial charge on any atom is 0.268 e. The molecule has 0 bridgehead atoms. The van der Waals surface area contributed by atoms with Gasteiger partial charge in [0.05, 0.1) is 5.75 Å². The van der Waals surface area contributed by atoms with Crippen molar-refractivity contribution in [3.63, 3.8) is 0 Å². The van der Waals surface area contributed by atoms with Crippen LogP contribution in [0.2, 0.25) is 0 Å². The average Bonchev–Trinajstić information content (AvgIpc) is 3.05. The van der Waals surface area contributed by atoms with Crippen LogP contribution in [0.25, 0.3) is 6.08 Å². The van der Waals surface area contributed by atoms with Gasteiger partial charge in [-0.05, 0) is 23.8 Å². The van der Waals surface area contributed by atoms with Gasteiger partial charge in [-0.25, -0.2) is 8.42 Å². The molecule has 0 aliphatic heterocycles. The number of nitrogens with one attached hydrogen (secondary N) is 1. The molecule has 1 aromatic heterocycles. The van der Waals surface area contributed by atoms with Crippen LogP contribution in [0, 0.1) is 11.3 Å². The number of hydrogen-bond donors (Lipinski definition) is 3. The van der Waals surface area contributed by atoms with E-state index in [0.717, 1.165) is 0 Å². The number of phenols is 2. The van der Waals surface area contributed by atoms with Crippen LogP contribution in [0.4, 0.5) is 5.13 Å². The molecule has 0 fully saturated rings. The van der Waals surface area contributed by atoms with Crippen LogP contribution in [-0.4, -0.2) is 39.6 Å². The summed E-state index contributed by atoms with van der Waals surface area (Å²) in [4.78, 5) is 15.8. The molecule has 0 aliphatic rings. The summed E-state index contributed by atoms with van der Waals surface area (Å²) in [5.41, 5.74) is 0.00806. The second-order valence-electron chi connectivity index (χ2n) is 4.66. The number of hydrogen-bond acceptors (Lipinski definition) is 9. The molecule has 0 unspecified atom stereocenters. The standard InChI is InChI=1S/C14H12N4O5S2/c1-2-25(22,23)14-17-13(24-18-14)16-12(21)9(7-15)5-8-3-4-10(19)11(20)6-8/h3-6,19-20H,2H2,1H3,(H,16,17,18,21)/b9-5-.